The normalized spacial score (nSPS) is 24.9. The number of benzene rings is 2. The third kappa shape index (κ3) is 3.98. The second kappa shape index (κ2) is 9.41. The van der Waals surface area contributed by atoms with Gasteiger partial charge in [-0.1, -0.05) is 18.2 Å². The number of rotatable bonds is 7. The van der Waals surface area contributed by atoms with Crippen molar-refractivity contribution in [3.63, 3.8) is 0 Å². The zero-order valence-electron chi connectivity index (χ0n) is 18.5. The Morgan fingerprint density at radius 3 is 2.79 bits per heavy atom. The first-order chi connectivity index (χ1) is 16.5. The smallest absolute Gasteiger partial charge is 0.200 e. The maximum atomic E-state index is 13.2. The van der Waals surface area contributed by atoms with Gasteiger partial charge in [-0.15, -0.1) is 0 Å². The molecule has 2 aromatic rings. The number of phenolic OH excluding ortho intramolecular Hbond substituents is 1. The lowest BCUT2D eigenvalue weighted by molar-refractivity contribution is -0.164. The largest absolute Gasteiger partial charge is 0.507 e. The molecule has 178 valence electrons. The molecule has 2 aliphatic heterocycles. The summed E-state index contributed by atoms with van der Waals surface area (Å²) >= 11 is 0. The minimum absolute atomic E-state index is 0.0158. The number of ether oxygens (including phenoxy) is 2. The van der Waals surface area contributed by atoms with E-state index >= 15 is 0 Å². The van der Waals surface area contributed by atoms with E-state index < -0.39 is 18.3 Å². The highest BCUT2D eigenvalue weighted by Crippen LogP contribution is 2.35. The SMILES string of the molecule is [NH]CCN1CC(O)OC1C1OCCN1CCNc1cc[c]c2c1C(=O)c1c(O)cccc1C2=O. The van der Waals surface area contributed by atoms with Gasteiger partial charge in [0.1, 0.15) is 5.75 Å². The lowest BCUT2D eigenvalue weighted by atomic mass is 9.82. The molecular formula is C24H26N4O6. The van der Waals surface area contributed by atoms with E-state index in [-0.39, 0.29) is 46.6 Å². The lowest BCUT2D eigenvalue weighted by Crippen LogP contribution is -2.49. The van der Waals surface area contributed by atoms with Crippen molar-refractivity contribution in [2.24, 2.45) is 0 Å². The number of hydrogen-bond acceptors (Lipinski definition) is 9. The Hall–Kier alpha value is -2.86. The van der Waals surface area contributed by atoms with Gasteiger partial charge in [-0.05, 0) is 18.2 Å². The van der Waals surface area contributed by atoms with Crippen molar-refractivity contribution in [1.82, 2.24) is 15.5 Å². The van der Waals surface area contributed by atoms with Crippen LogP contribution in [-0.4, -0.2) is 96.2 Å². The molecule has 0 spiro atoms. The summed E-state index contributed by atoms with van der Waals surface area (Å²) < 4.78 is 11.5. The molecule has 1 aliphatic carbocycles. The van der Waals surface area contributed by atoms with Gasteiger partial charge in [0.25, 0.3) is 0 Å². The number of carbonyl (C=O) groups is 2. The number of β-amino-alcohol motifs (C(OH)–C–C–N with tert-alkyl or cyclic N) is 1. The molecule has 34 heavy (non-hydrogen) atoms. The Morgan fingerprint density at radius 2 is 1.97 bits per heavy atom. The number of carbonyl (C=O) groups excluding carboxylic acids is 2. The Morgan fingerprint density at radius 1 is 1.12 bits per heavy atom. The molecule has 2 aromatic carbocycles. The van der Waals surface area contributed by atoms with Gasteiger partial charge in [-0.25, -0.2) is 0 Å². The first-order valence-electron chi connectivity index (χ1n) is 11.3. The first kappa shape index (κ1) is 22.9. The molecule has 0 saturated carbocycles. The monoisotopic (exact) mass is 466 g/mol. The van der Waals surface area contributed by atoms with Gasteiger partial charge in [-0.2, -0.15) is 0 Å². The number of aromatic hydroxyl groups is 1. The summed E-state index contributed by atoms with van der Waals surface area (Å²) in [4.78, 5) is 30.1. The zero-order valence-corrected chi connectivity index (χ0v) is 18.5. The van der Waals surface area contributed by atoms with E-state index in [2.05, 4.69) is 16.3 Å². The van der Waals surface area contributed by atoms with Crippen LogP contribution in [0.25, 0.3) is 0 Å². The number of anilines is 1. The third-order valence-electron chi connectivity index (χ3n) is 6.40. The fraction of sp³-hybridized carbons (Fsp3) is 0.417. The van der Waals surface area contributed by atoms with Gasteiger partial charge in [0.2, 0.25) is 0 Å². The van der Waals surface area contributed by atoms with E-state index in [0.29, 0.717) is 45.0 Å². The summed E-state index contributed by atoms with van der Waals surface area (Å²) in [7, 11) is 0. The fourth-order valence-corrected chi connectivity index (χ4v) is 4.85. The Balaban J connectivity index is 1.30. The molecule has 0 aromatic heterocycles. The molecule has 4 N–H and O–H groups in total. The van der Waals surface area contributed by atoms with E-state index in [1.54, 1.807) is 18.2 Å². The highest BCUT2D eigenvalue weighted by atomic mass is 16.7. The molecule has 0 bridgehead atoms. The van der Waals surface area contributed by atoms with Crippen molar-refractivity contribution in [3.05, 3.63) is 58.7 Å². The maximum absolute atomic E-state index is 13.2. The molecule has 5 rings (SSSR count). The Bertz CT molecular complexity index is 1110. The Kier molecular flexibility index (Phi) is 6.34. The van der Waals surface area contributed by atoms with Crippen LogP contribution in [0, 0.1) is 6.07 Å². The molecule has 3 atom stereocenters. The highest BCUT2D eigenvalue weighted by Gasteiger charge is 2.42. The van der Waals surface area contributed by atoms with Gasteiger partial charge >= 0.3 is 0 Å². The molecule has 2 heterocycles. The van der Waals surface area contributed by atoms with Gasteiger partial charge in [-0.3, -0.25) is 25.1 Å². The number of nitrogens with zero attached hydrogens (tertiary/aromatic N) is 2. The topological polar surface area (TPSA) is 135 Å². The molecule has 2 fully saturated rings. The van der Waals surface area contributed by atoms with E-state index in [1.807, 2.05) is 4.90 Å². The molecule has 2 saturated heterocycles. The van der Waals surface area contributed by atoms with Crippen LogP contribution < -0.4 is 11.1 Å². The second-order valence-electron chi connectivity index (χ2n) is 8.45. The van der Waals surface area contributed by atoms with Crippen molar-refractivity contribution in [3.8, 4) is 5.75 Å². The van der Waals surface area contributed by atoms with Crippen LogP contribution >= 0.6 is 0 Å². The van der Waals surface area contributed by atoms with Crippen molar-refractivity contribution >= 4 is 17.3 Å². The lowest BCUT2D eigenvalue weighted by Gasteiger charge is -2.32. The number of aliphatic hydroxyl groups is 1. The number of aliphatic hydroxyl groups excluding tert-OH is 1. The van der Waals surface area contributed by atoms with Crippen molar-refractivity contribution in [2.75, 3.05) is 51.2 Å². The van der Waals surface area contributed by atoms with Gasteiger partial charge in [0.05, 0.1) is 24.3 Å². The number of phenols is 1. The summed E-state index contributed by atoms with van der Waals surface area (Å²) in [6, 6.07) is 10.7. The summed E-state index contributed by atoms with van der Waals surface area (Å²) in [5, 5.41) is 23.4. The minimum Gasteiger partial charge on any atom is -0.507 e. The molecule has 10 nitrogen and oxygen atoms in total. The van der Waals surface area contributed by atoms with Crippen LogP contribution in [0.1, 0.15) is 31.8 Å². The molecule has 3 unspecified atom stereocenters. The minimum atomic E-state index is -0.907. The molecule has 10 heteroatoms. The van der Waals surface area contributed by atoms with Crippen molar-refractivity contribution in [2.45, 2.75) is 18.7 Å². The van der Waals surface area contributed by atoms with Gasteiger partial charge in [0.15, 0.2) is 30.3 Å². The van der Waals surface area contributed by atoms with Crippen LogP contribution in [0.4, 0.5) is 5.69 Å². The van der Waals surface area contributed by atoms with Crippen LogP contribution in [-0.2, 0) is 9.47 Å². The van der Waals surface area contributed by atoms with E-state index in [4.69, 9.17) is 15.2 Å². The maximum Gasteiger partial charge on any atom is 0.200 e. The molecule has 2 radical (unpaired) electrons. The van der Waals surface area contributed by atoms with Crippen molar-refractivity contribution in [1.29, 1.82) is 0 Å². The van der Waals surface area contributed by atoms with Crippen molar-refractivity contribution < 1.29 is 29.3 Å². The predicted molar refractivity (Wildman–Crippen MR) is 120 cm³/mol. The number of ketones is 2. The fourth-order valence-electron chi connectivity index (χ4n) is 4.85. The van der Waals surface area contributed by atoms with Gasteiger partial charge < -0.3 is 25.0 Å². The summed E-state index contributed by atoms with van der Waals surface area (Å²) in [5.74, 6) is -0.975. The number of fused-ring (bicyclic) bond motifs is 2. The third-order valence-corrected chi connectivity index (χ3v) is 6.40. The Labute approximate surface area is 196 Å². The highest BCUT2D eigenvalue weighted by molar-refractivity contribution is 6.30. The van der Waals surface area contributed by atoms with E-state index in [9.17, 15) is 19.8 Å². The first-order valence-corrected chi connectivity index (χ1v) is 11.3. The summed E-state index contributed by atoms with van der Waals surface area (Å²) in [6.07, 6.45) is -1.74. The van der Waals surface area contributed by atoms with E-state index in [0.717, 1.165) is 0 Å². The summed E-state index contributed by atoms with van der Waals surface area (Å²) in [5.41, 5.74) is 8.60. The van der Waals surface area contributed by atoms with E-state index in [1.165, 1.54) is 12.1 Å². The zero-order chi connectivity index (χ0) is 23.8. The average molecular weight is 466 g/mol. The standard InChI is InChI=1S/C24H26N4O6/c25-7-9-28-13-18(30)34-24(28)23-27(11-12-33-23)10-8-26-16-5-1-3-14-19(16)22(32)20-15(21(14)31)4-2-6-17(20)29/h1-2,4-6,18,23-26,29-30H,7-13H2. The number of hydrogen-bond donors (Lipinski definition) is 3. The van der Waals surface area contributed by atoms with Crippen LogP contribution in [0.5, 0.6) is 5.75 Å². The molecular weight excluding hydrogens is 440 g/mol. The summed E-state index contributed by atoms with van der Waals surface area (Å²) in [6.45, 7) is 3.23. The second-order valence-corrected chi connectivity index (χ2v) is 8.45. The molecule has 0 amide bonds. The van der Waals surface area contributed by atoms with Gasteiger partial charge in [0, 0.05) is 49.5 Å². The average Bonchev–Trinajstić information content (AvgIpc) is 3.43. The van der Waals surface area contributed by atoms with Crippen LogP contribution in [0.2, 0.25) is 0 Å². The quantitative estimate of drug-likeness (QED) is 0.449. The number of nitrogens with one attached hydrogen (secondary N) is 2. The molecule has 3 aliphatic rings. The predicted octanol–water partition coefficient (Wildman–Crippen LogP) is 0.298. The van der Waals surface area contributed by atoms with Crippen LogP contribution in [0.3, 0.4) is 0 Å². The van der Waals surface area contributed by atoms with Crippen LogP contribution in [0.15, 0.2) is 30.3 Å².